The Hall–Kier alpha value is -1.20. The molecule has 0 aliphatic heterocycles. The predicted molar refractivity (Wildman–Crippen MR) is 70.4 cm³/mol. The van der Waals surface area contributed by atoms with Crippen LogP contribution < -0.4 is 10.1 Å². The Bertz CT molecular complexity index is 374. The molecule has 1 rings (SSSR count). The van der Waals surface area contributed by atoms with Crippen LogP contribution in [0.25, 0.3) is 0 Å². The van der Waals surface area contributed by atoms with Crippen molar-refractivity contribution in [3.8, 4) is 5.75 Å². The van der Waals surface area contributed by atoms with Crippen LogP contribution in [0.4, 0.5) is 8.78 Å². The number of benzene rings is 1. The monoisotopic (exact) mass is 273 g/mol. The van der Waals surface area contributed by atoms with Crippen LogP contribution in [-0.2, 0) is 0 Å². The Morgan fingerprint density at radius 2 is 2.11 bits per heavy atom. The molecule has 0 aliphatic rings. The smallest absolute Gasteiger partial charge is 0.387 e. The van der Waals surface area contributed by atoms with E-state index in [4.69, 9.17) is 0 Å². The molecule has 1 aromatic rings. The number of hydrogen-bond donors (Lipinski definition) is 2. The van der Waals surface area contributed by atoms with Crippen LogP contribution in [-0.4, -0.2) is 24.4 Å². The van der Waals surface area contributed by atoms with E-state index in [9.17, 15) is 13.9 Å². The molecule has 2 unspecified atom stereocenters. The minimum Gasteiger partial charge on any atom is -0.435 e. The second-order valence-corrected chi connectivity index (χ2v) is 4.48. The fraction of sp³-hybridized carbons (Fsp3) is 0.571. The average Bonchev–Trinajstić information content (AvgIpc) is 2.37. The molecule has 0 aromatic heterocycles. The van der Waals surface area contributed by atoms with Gasteiger partial charge in [-0.25, -0.2) is 0 Å². The number of aliphatic hydroxyl groups is 1. The van der Waals surface area contributed by atoms with Crippen molar-refractivity contribution in [1.29, 1.82) is 0 Å². The standard InChI is InChI=1S/C14H21F2NO2/c1-3-12(18)7-8-17-10(2)11-5-4-6-13(9-11)19-14(15)16/h4-6,9-10,12,14,17-18H,3,7-8H2,1-2H3. The zero-order chi connectivity index (χ0) is 14.3. The highest BCUT2D eigenvalue weighted by Gasteiger charge is 2.09. The Morgan fingerprint density at radius 3 is 2.74 bits per heavy atom. The first-order valence-corrected chi connectivity index (χ1v) is 6.49. The molecule has 2 atom stereocenters. The van der Waals surface area contributed by atoms with Gasteiger partial charge in [0.2, 0.25) is 0 Å². The summed E-state index contributed by atoms with van der Waals surface area (Å²) >= 11 is 0. The molecule has 0 radical (unpaired) electrons. The Labute approximate surface area is 112 Å². The highest BCUT2D eigenvalue weighted by atomic mass is 19.3. The molecule has 1 aromatic carbocycles. The van der Waals surface area contributed by atoms with E-state index >= 15 is 0 Å². The third kappa shape index (κ3) is 5.98. The summed E-state index contributed by atoms with van der Waals surface area (Å²) < 4.78 is 28.6. The van der Waals surface area contributed by atoms with Gasteiger partial charge in [-0.05, 0) is 44.0 Å². The number of alkyl halides is 2. The van der Waals surface area contributed by atoms with Crippen molar-refractivity contribution < 1.29 is 18.6 Å². The van der Waals surface area contributed by atoms with Crippen molar-refractivity contribution >= 4 is 0 Å². The van der Waals surface area contributed by atoms with Crippen LogP contribution in [0.1, 0.15) is 38.3 Å². The summed E-state index contributed by atoms with van der Waals surface area (Å²) in [6.45, 7) is 1.74. The summed E-state index contributed by atoms with van der Waals surface area (Å²) in [7, 11) is 0. The Balaban J connectivity index is 2.49. The van der Waals surface area contributed by atoms with Crippen LogP contribution in [0.15, 0.2) is 24.3 Å². The summed E-state index contributed by atoms with van der Waals surface area (Å²) in [6, 6.07) is 6.66. The molecule has 0 aliphatic carbocycles. The van der Waals surface area contributed by atoms with Crippen LogP contribution in [0.2, 0.25) is 0 Å². The van der Waals surface area contributed by atoms with Crippen molar-refractivity contribution in [3.63, 3.8) is 0 Å². The summed E-state index contributed by atoms with van der Waals surface area (Å²) in [5, 5.41) is 12.7. The summed E-state index contributed by atoms with van der Waals surface area (Å²) in [4.78, 5) is 0. The first-order chi connectivity index (χ1) is 9.02. The van der Waals surface area contributed by atoms with Gasteiger partial charge in [0, 0.05) is 6.04 Å². The fourth-order valence-corrected chi connectivity index (χ4v) is 1.75. The van der Waals surface area contributed by atoms with Gasteiger partial charge in [0.25, 0.3) is 0 Å². The first kappa shape index (κ1) is 15.9. The molecule has 0 saturated heterocycles. The Morgan fingerprint density at radius 1 is 1.37 bits per heavy atom. The Kier molecular flexibility index (Phi) is 6.73. The van der Waals surface area contributed by atoms with Crippen molar-refractivity contribution in [2.24, 2.45) is 0 Å². The lowest BCUT2D eigenvalue weighted by Crippen LogP contribution is -2.23. The molecular weight excluding hydrogens is 252 g/mol. The maximum atomic E-state index is 12.1. The van der Waals surface area contributed by atoms with Crippen molar-refractivity contribution in [1.82, 2.24) is 5.32 Å². The molecular formula is C14H21F2NO2. The van der Waals surface area contributed by atoms with Crippen molar-refractivity contribution in [2.75, 3.05) is 6.54 Å². The van der Waals surface area contributed by atoms with Gasteiger partial charge in [0.05, 0.1) is 6.10 Å². The summed E-state index contributed by atoms with van der Waals surface area (Å²) in [6.07, 6.45) is 1.11. The molecule has 2 N–H and O–H groups in total. The SMILES string of the molecule is CCC(O)CCNC(C)c1cccc(OC(F)F)c1. The quantitative estimate of drug-likeness (QED) is 0.764. The molecule has 5 heteroatoms. The maximum Gasteiger partial charge on any atom is 0.387 e. The van der Waals surface area contributed by atoms with Gasteiger partial charge >= 0.3 is 6.61 Å². The molecule has 0 amide bonds. The van der Waals surface area contributed by atoms with E-state index in [1.54, 1.807) is 12.1 Å². The number of hydrogen-bond acceptors (Lipinski definition) is 3. The lowest BCUT2D eigenvalue weighted by atomic mass is 10.1. The average molecular weight is 273 g/mol. The van der Waals surface area contributed by atoms with Gasteiger partial charge in [0.15, 0.2) is 0 Å². The lowest BCUT2D eigenvalue weighted by Gasteiger charge is -2.16. The fourth-order valence-electron chi connectivity index (χ4n) is 1.75. The summed E-state index contributed by atoms with van der Waals surface area (Å²) in [5.74, 6) is 0.162. The molecule has 0 fully saturated rings. The van der Waals surface area contributed by atoms with E-state index in [0.29, 0.717) is 13.0 Å². The van der Waals surface area contributed by atoms with Crippen LogP contribution >= 0.6 is 0 Å². The molecule has 108 valence electrons. The number of aliphatic hydroxyl groups excluding tert-OH is 1. The van der Waals surface area contributed by atoms with Gasteiger partial charge in [-0.15, -0.1) is 0 Å². The first-order valence-electron chi connectivity index (χ1n) is 6.49. The third-order valence-corrected chi connectivity index (χ3v) is 2.98. The molecule has 0 saturated carbocycles. The van der Waals surface area contributed by atoms with E-state index < -0.39 is 6.61 Å². The largest absolute Gasteiger partial charge is 0.435 e. The molecule has 19 heavy (non-hydrogen) atoms. The number of nitrogens with one attached hydrogen (secondary N) is 1. The van der Waals surface area contributed by atoms with E-state index in [-0.39, 0.29) is 17.9 Å². The second kappa shape index (κ2) is 8.07. The molecule has 3 nitrogen and oxygen atoms in total. The number of rotatable bonds is 8. The third-order valence-electron chi connectivity index (χ3n) is 2.98. The molecule has 0 spiro atoms. The minimum absolute atomic E-state index is 0.0188. The minimum atomic E-state index is -2.81. The summed E-state index contributed by atoms with van der Waals surface area (Å²) in [5.41, 5.74) is 0.879. The highest BCUT2D eigenvalue weighted by molar-refractivity contribution is 5.30. The molecule has 0 bridgehead atoms. The number of ether oxygens (including phenoxy) is 1. The normalized spacial score (nSPS) is 14.4. The zero-order valence-corrected chi connectivity index (χ0v) is 11.3. The highest BCUT2D eigenvalue weighted by Crippen LogP contribution is 2.20. The predicted octanol–water partition coefficient (Wildman–Crippen LogP) is 3.10. The van der Waals surface area contributed by atoms with Gasteiger partial charge < -0.3 is 15.2 Å². The van der Waals surface area contributed by atoms with Gasteiger partial charge in [0.1, 0.15) is 5.75 Å². The van der Waals surface area contributed by atoms with E-state index in [0.717, 1.165) is 12.0 Å². The van der Waals surface area contributed by atoms with Crippen LogP contribution in [0, 0.1) is 0 Å². The van der Waals surface area contributed by atoms with Gasteiger partial charge in [-0.2, -0.15) is 8.78 Å². The lowest BCUT2D eigenvalue weighted by molar-refractivity contribution is -0.0499. The maximum absolute atomic E-state index is 12.1. The van der Waals surface area contributed by atoms with Gasteiger partial charge in [-0.3, -0.25) is 0 Å². The van der Waals surface area contributed by atoms with E-state index in [2.05, 4.69) is 10.1 Å². The molecule has 0 heterocycles. The van der Waals surface area contributed by atoms with Gasteiger partial charge in [-0.1, -0.05) is 19.1 Å². The van der Waals surface area contributed by atoms with Crippen molar-refractivity contribution in [3.05, 3.63) is 29.8 Å². The van der Waals surface area contributed by atoms with E-state index in [1.807, 2.05) is 19.9 Å². The van der Waals surface area contributed by atoms with Crippen LogP contribution in [0.3, 0.4) is 0 Å². The number of halogens is 2. The van der Waals surface area contributed by atoms with E-state index in [1.165, 1.54) is 6.07 Å². The van der Waals surface area contributed by atoms with Crippen molar-refractivity contribution in [2.45, 2.75) is 45.4 Å². The topological polar surface area (TPSA) is 41.5 Å². The zero-order valence-electron chi connectivity index (χ0n) is 11.3. The van der Waals surface area contributed by atoms with Crippen LogP contribution in [0.5, 0.6) is 5.75 Å². The second-order valence-electron chi connectivity index (χ2n) is 4.48.